The van der Waals surface area contributed by atoms with Gasteiger partial charge >= 0.3 is 12.1 Å². The van der Waals surface area contributed by atoms with Crippen LogP contribution in [-0.2, 0) is 11.3 Å². The molecule has 12 heteroatoms. The second kappa shape index (κ2) is 11.6. The number of nitrogen functional groups attached to an aromatic ring is 1. The van der Waals surface area contributed by atoms with Crippen molar-refractivity contribution in [1.29, 1.82) is 5.41 Å². The zero-order chi connectivity index (χ0) is 27.2. The molecule has 0 aromatic heterocycles. The number of ether oxygens (including phenoxy) is 2. The van der Waals surface area contributed by atoms with Crippen LogP contribution in [0.5, 0.6) is 11.5 Å². The first-order valence-corrected chi connectivity index (χ1v) is 11.2. The van der Waals surface area contributed by atoms with Gasteiger partial charge in [0.25, 0.3) is 5.91 Å². The number of benzene rings is 3. The van der Waals surface area contributed by atoms with Gasteiger partial charge in [-0.05, 0) is 55.5 Å². The number of halogens is 3. The summed E-state index contributed by atoms with van der Waals surface area (Å²) in [6.07, 6.45) is -4.49. The molecule has 0 saturated heterocycles. The first-order valence-electron chi connectivity index (χ1n) is 10.9. The molecule has 37 heavy (non-hydrogen) atoms. The predicted octanol–water partition coefficient (Wildman–Crippen LogP) is 4.94. The van der Waals surface area contributed by atoms with Gasteiger partial charge in [0.05, 0.1) is 12.2 Å². The monoisotopic (exact) mass is 532 g/mol. The molecule has 3 aromatic rings. The van der Waals surface area contributed by atoms with E-state index in [1.54, 1.807) is 31.2 Å². The molecule has 0 bridgehead atoms. The molecule has 0 heterocycles. The van der Waals surface area contributed by atoms with Crippen LogP contribution >= 0.6 is 11.6 Å². The Morgan fingerprint density at radius 1 is 1.14 bits per heavy atom. The van der Waals surface area contributed by atoms with Crippen LogP contribution in [0, 0.1) is 5.41 Å². The summed E-state index contributed by atoms with van der Waals surface area (Å²) in [7, 11) is 0. The number of rotatable bonds is 11. The van der Waals surface area contributed by atoms with E-state index in [1.165, 1.54) is 36.4 Å². The molecular weight excluding hydrogens is 510 g/mol. The van der Waals surface area contributed by atoms with Crippen molar-refractivity contribution in [2.45, 2.75) is 19.6 Å². The third-order valence-electron chi connectivity index (χ3n) is 4.99. The van der Waals surface area contributed by atoms with E-state index in [2.05, 4.69) is 15.4 Å². The highest BCUT2D eigenvalue weighted by atomic mass is 35.5. The Kier molecular flexibility index (Phi) is 8.51. The standard InChI is InChI=1S/C25H23ClF2N4O5/c1-2-36-20-5-3-4-15(21(20)37-25(27,28)24(34)35)13-31-19-11-8-16(26)12-18(19)23(33)32-17-9-6-14(7-10-17)22(29)30/h3-12,31H,2,13H2,1H3,(H3,29,30)(H,32,33)(H,34,35). The predicted molar refractivity (Wildman–Crippen MR) is 135 cm³/mol. The number of carbonyl (C=O) groups is 2. The molecule has 0 saturated carbocycles. The molecule has 9 nitrogen and oxygen atoms in total. The lowest BCUT2D eigenvalue weighted by Gasteiger charge is -2.20. The molecule has 194 valence electrons. The number of carboxylic acid groups (broad SMARTS) is 1. The maximum absolute atomic E-state index is 13.9. The summed E-state index contributed by atoms with van der Waals surface area (Å²) in [6.45, 7) is 1.64. The van der Waals surface area contributed by atoms with Gasteiger partial charge in [-0.2, -0.15) is 8.78 Å². The Bertz CT molecular complexity index is 1320. The highest BCUT2D eigenvalue weighted by Crippen LogP contribution is 2.36. The molecular formula is C25H23ClF2N4O5. The number of amides is 1. The van der Waals surface area contributed by atoms with E-state index in [-0.39, 0.29) is 40.9 Å². The van der Waals surface area contributed by atoms with Crippen LogP contribution < -0.4 is 25.8 Å². The van der Waals surface area contributed by atoms with Crippen molar-refractivity contribution in [1.82, 2.24) is 0 Å². The Morgan fingerprint density at radius 2 is 1.84 bits per heavy atom. The van der Waals surface area contributed by atoms with Crippen LogP contribution in [0.3, 0.4) is 0 Å². The van der Waals surface area contributed by atoms with E-state index in [1.807, 2.05) is 0 Å². The molecule has 6 N–H and O–H groups in total. The van der Waals surface area contributed by atoms with E-state index in [4.69, 9.17) is 32.6 Å². The molecule has 0 spiro atoms. The molecule has 0 fully saturated rings. The number of aliphatic carboxylic acids is 1. The smallest absolute Gasteiger partial charge is 0.490 e. The number of alkyl halides is 2. The van der Waals surface area contributed by atoms with E-state index < -0.39 is 23.7 Å². The van der Waals surface area contributed by atoms with E-state index >= 15 is 0 Å². The fourth-order valence-electron chi connectivity index (χ4n) is 3.24. The Hall–Kier alpha value is -4.38. The molecule has 0 aliphatic rings. The summed E-state index contributed by atoms with van der Waals surface area (Å²) < 4.78 is 37.7. The number of carbonyl (C=O) groups excluding carboxylic acids is 1. The number of para-hydroxylation sites is 1. The Morgan fingerprint density at radius 3 is 2.46 bits per heavy atom. The van der Waals surface area contributed by atoms with Crippen molar-refractivity contribution in [3.63, 3.8) is 0 Å². The molecule has 0 aliphatic carbocycles. The first-order chi connectivity index (χ1) is 17.5. The van der Waals surface area contributed by atoms with Gasteiger partial charge in [0.1, 0.15) is 5.84 Å². The summed E-state index contributed by atoms with van der Waals surface area (Å²) in [6, 6.07) is 15.2. The third kappa shape index (κ3) is 6.85. The summed E-state index contributed by atoms with van der Waals surface area (Å²) in [4.78, 5) is 23.9. The highest BCUT2D eigenvalue weighted by molar-refractivity contribution is 6.31. The average Bonchev–Trinajstić information content (AvgIpc) is 2.85. The van der Waals surface area contributed by atoms with E-state index in [0.717, 1.165) is 0 Å². The lowest BCUT2D eigenvalue weighted by atomic mass is 10.1. The summed E-state index contributed by atoms with van der Waals surface area (Å²) in [5.41, 5.74) is 7.01. The molecule has 3 aromatic carbocycles. The van der Waals surface area contributed by atoms with Crippen molar-refractivity contribution in [3.05, 3.63) is 82.4 Å². The summed E-state index contributed by atoms with van der Waals surface area (Å²) in [5.74, 6) is -3.60. The minimum absolute atomic E-state index is 0.0641. The number of hydrogen-bond donors (Lipinski definition) is 5. The van der Waals surface area contributed by atoms with Gasteiger partial charge in [-0.25, -0.2) is 4.79 Å². The minimum Gasteiger partial charge on any atom is -0.490 e. The van der Waals surface area contributed by atoms with Crippen LogP contribution in [-0.4, -0.2) is 35.5 Å². The number of carboxylic acids is 1. The maximum Gasteiger partial charge on any atom is 0.502 e. The zero-order valence-electron chi connectivity index (χ0n) is 19.5. The largest absolute Gasteiger partial charge is 0.502 e. The minimum atomic E-state index is -4.49. The van der Waals surface area contributed by atoms with Gasteiger partial charge in [-0.1, -0.05) is 23.7 Å². The molecule has 0 radical (unpaired) electrons. The van der Waals surface area contributed by atoms with Crippen LogP contribution in [0.15, 0.2) is 60.7 Å². The average molecular weight is 533 g/mol. The maximum atomic E-state index is 13.9. The van der Waals surface area contributed by atoms with Crippen LogP contribution in [0.2, 0.25) is 5.02 Å². The first kappa shape index (κ1) is 27.2. The number of hydrogen-bond acceptors (Lipinski definition) is 6. The fourth-order valence-corrected chi connectivity index (χ4v) is 3.41. The van der Waals surface area contributed by atoms with E-state index in [0.29, 0.717) is 16.9 Å². The van der Waals surface area contributed by atoms with Gasteiger partial charge in [0.2, 0.25) is 0 Å². The SMILES string of the molecule is CCOc1cccc(CNc2ccc(Cl)cc2C(=O)Nc2ccc(C(=N)N)cc2)c1OC(F)(F)C(=O)O. The number of nitrogens with one attached hydrogen (secondary N) is 3. The van der Waals surface area contributed by atoms with Gasteiger partial charge < -0.3 is 30.9 Å². The normalized spacial score (nSPS) is 10.9. The zero-order valence-corrected chi connectivity index (χ0v) is 20.2. The van der Waals surface area contributed by atoms with Crippen molar-refractivity contribution in [2.24, 2.45) is 5.73 Å². The van der Waals surface area contributed by atoms with Crippen LogP contribution in [0.4, 0.5) is 20.2 Å². The molecule has 0 unspecified atom stereocenters. The molecule has 3 rings (SSSR count). The van der Waals surface area contributed by atoms with Gasteiger partial charge in [-0.15, -0.1) is 0 Å². The Balaban J connectivity index is 1.87. The lowest BCUT2D eigenvalue weighted by Crippen LogP contribution is -2.35. The quantitative estimate of drug-likeness (QED) is 0.173. The molecule has 1 amide bonds. The van der Waals surface area contributed by atoms with Crippen molar-refractivity contribution in [3.8, 4) is 11.5 Å². The Labute approximate surface area is 215 Å². The van der Waals surface area contributed by atoms with Crippen molar-refractivity contribution < 1.29 is 33.0 Å². The fraction of sp³-hybridized carbons (Fsp3) is 0.160. The second-order valence-electron chi connectivity index (χ2n) is 7.59. The molecule has 0 aliphatic heterocycles. The highest BCUT2D eigenvalue weighted by Gasteiger charge is 2.43. The van der Waals surface area contributed by atoms with Crippen LogP contribution in [0.1, 0.15) is 28.4 Å². The van der Waals surface area contributed by atoms with E-state index in [9.17, 15) is 18.4 Å². The van der Waals surface area contributed by atoms with Gasteiger partial charge in [-0.3, -0.25) is 10.2 Å². The second-order valence-corrected chi connectivity index (χ2v) is 8.03. The van der Waals surface area contributed by atoms with Crippen LogP contribution in [0.25, 0.3) is 0 Å². The summed E-state index contributed by atoms with van der Waals surface area (Å²) in [5, 5.41) is 22.2. The van der Waals surface area contributed by atoms with Gasteiger partial charge in [0, 0.05) is 34.1 Å². The summed E-state index contributed by atoms with van der Waals surface area (Å²) >= 11 is 6.10. The molecule has 0 atom stereocenters. The van der Waals surface area contributed by atoms with Crippen molar-refractivity contribution >= 4 is 40.7 Å². The lowest BCUT2D eigenvalue weighted by molar-refractivity contribution is -0.211. The number of amidine groups is 1. The number of nitrogens with two attached hydrogens (primary N) is 1. The topological polar surface area (TPSA) is 147 Å². The third-order valence-corrected chi connectivity index (χ3v) is 5.22. The number of anilines is 2. The van der Waals surface area contributed by atoms with Crippen molar-refractivity contribution in [2.75, 3.05) is 17.2 Å². The van der Waals surface area contributed by atoms with Gasteiger partial charge in [0.15, 0.2) is 11.5 Å².